The van der Waals surface area contributed by atoms with Gasteiger partial charge in [-0.05, 0) is 53.5 Å². The highest BCUT2D eigenvalue weighted by atomic mass is 79.9. The molecule has 104 valence electrons. The molecule has 20 heavy (non-hydrogen) atoms. The van der Waals surface area contributed by atoms with Crippen molar-refractivity contribution in [2.75, 3.05) is 0 Å². The molecule has 1 unspecified atom stereocenters. The fourth-order valence-corrected chi connectivity index (χ4v) is 2.12. The minimum absolute atomic E-state index is 0.0561. The van der Waals surface area contributed by atoms with Crippen molar-refractivity contribution < 1.29 is 9.90 Å². The molecule has 0 spiro atoms. The van der Waals surface area contributed by atoms with E-state index < -0.39 is 0 Å². The first kappa shape index (κ1) is 14.6. The van der Waals surface area contributed by atoms with Crippen LogP contribution in [0.5, 0.6) is 5.75 Å². The minimum Gasteiger partial charge on any atom is -0.507 e. The van der Waals surface area contributed by atoms with Crippen LogP contribution in [-0.2, 0) is 0 Å². The van der Waals surface area contributed by atoms with Crippen molar-refractivity contribution in [1.82, 2.24) is 5.32 Å². The number of nitrogens with one attached hydrogen (secondary N) is 1. The summed E-state index contributed by atoms with van der Waals surface area (Å²) in [6.07, 6.45) is 0. The maximum absolute atomic E-state index is 12.1. The van der Waals surface area contributed by atoms with Gasteiger partial charge < -0.3 is 10.4 Å². The molecular formula is C16H16BrNO2. The lowest BCUT2D eigenvalue weighted by Gasteiger charge is -2.15. The SMILES string of the molecule is Cc1ccc(C(C)NC(=O)c2ccc(Br)c(O)c2)cc1. The number of rotatable bonds is 3. The molecule has 0 bridgehead atoms. The van der Waals surface area contributed by atoms with E-state index in [-0.39, 0.29) is 17.7 Å². The van der Waals surface area contributed by atoms with E-state index in [1.54, 1.807) is 12.1 Å². The van der Waals surface area contributed by atoms with Crippen molar-refractivity contribution in [2.24, 2.45) is 0 Å². The van der Waals surface area contributed by atoms with Gasteiger partial charge in [0, 0.05) is 5.56 Å². The lowest BCUT2D eigenvalue weighted by molar-refractivity contribution is 0.0939. The van der Waals surface area contributed by atoms with Crippen LogP contribution in [0, 0.1) is 6.92 Å². The Morgan fingerprint density at radius 2 is 1.85 bits per heavy atom. The Morgan fingerprint density at radius 1 is 1.20 bits per heavy atom. The summed E-state index contributed by atoms with van der Waals surface area (Å²) in [4.78, 5) is 12.1. The number of aromatic hydroxyl groups is 1. The van der Waals surface area contributed by atoms with Gasteiger partial charge in [0.05, 0.1) is 10.5 Å². The molecule has 4 heteroatoms. The van der Waals surface area contributed by atoms with Gasteiger partial charge in [-0.15, -0.1) is 0 Å². The summed E-state index contributed by atoms with van der Waals surface area (Å²) in [6.45, 7) is 3.96. The van der Waals surface area contributed by atoms with Crippen molar-refractivity contribution in [3.63, 3.8) is 0 Å². The Morgan fingerprint density at radius 3 is 2.45 bits per heavy atom. The van der Waals surface area contributed by atoms with Gasteiger partial charge >= 0.3 is 0 Å². The van der Waals surface area contributed by atoms with E-state index in [9.17, 15) is 9.90 Å². The quantitative estimate of drug-likeness (QED) is 0.893. The second-order valence-electron chi connectivity index (χ2n) is 4.77. The Balaban J connectivity index is 2.10. The Hall–Kier alpha value is -1.81. The summed E-state index contributed by atoms with van der Waals surface area (Å²) >= 11 is 3.19. The molecular weight excluding hydrogens is 318 g/mol. The van der Waals surface area contributed by atoms with Crippen LogP contribution in [0.4, 0.5) is 0 Å². The number of carbonyl (C=O) groups excluding carboxylic acids is 1. The van der Waals surface area contributed by atoms with E-state index in [0.717, 1.165) is 5.56 Å². The summed E-state index contributed by atoms with van der Waals surface area (Å²) in [5.74, 6) is -0.151. The van der Waals surface area contributed by atoms with E-state index in [1.165, 1.54) is 11.6 Å². The van der Waals surface area contributed by atoms with E-state index in [1.807, 2.05) is 38.1 Å². The van der Waals surface area contributed by atoms with E-state index in [0.29, 0.717) is 10.0 Å². The zero-order valence-corrected chi connectivity index (χ0v) is 12.9. The highest BCUT2D eigenvalue weighted by molar-refractivity contribution is 9.10. The Kier molecular flexibility index (Phi) is 4.45. The molecule has 0 aliphatic heterocycles. The second kappa shape index (κ2) is 6.09. The average molecular weight is 334 g/mol. The maximum atomic E-state index is 12.1. The molecule has 0 aromatic heterocycles. The maximum Gasteiger partial charge on any atom is 0.251 e. The van der Waals surface area contributed by atoms with E-state index in [2.05, 4.69) is 21.2 Å². The van der Waals surface area contributed by atoms with Crippen molar-refractivity contribution in [1.29, 1.82) is 0 Å². The molecule has 1 amide bonds. The number of phenolic OH excluding ortho intramolecular Hbond substituents is 1. The monoisotopic (exact) mass is 333 g/mol. The molecule has 0 fully saturated rings. The van der Waals surface area contributed by atoms with Crippen LogP contribution in [0.15, 0.2) is 46.9 Å². The van der Waals surface area contributed by atoms with Gasteiger partial charge in [0.2, 0.25) is 0 Å². The van der Waals surface area contributed by atoms with Crippen LogP contribution in [0.2, 0.25) is 0 Å². The van der Waals surface area contributed by atoms with Crippen LogP contribution in [0.1, 0.15) is 34.5 Å². The zero-order chi connectivity index (χ0) is 14.7. The van der Waals surface area contributed by atoms with Crippen LogP contribution in [0.3, 0.4) is 0 Å². The Bertz CT molecular complexity index is 623. The molecule has 0 saturated heterocycles. The summed E-state index contributed by atoms with van der Waals surface area (Å²) in [7, 11) is 0. The van der Waals surface area contributed by atoms with Gasteiger partial charge in [-0.3, -0.25) is 4.79 Å². The van der Waals surface area contributed by atoms with Gasteiger partial charge in [-0.1, -0.05) is 29.8 Å². The molecule has 0 heterocycles. The third-order valence-corrected chi connectivity index (χ3v) is 3.80. The van der Waals surface area contributed by atoms with E-state index >= 15 is 0 Å². The number of aryl methyl sites for hydroxylation is 1. The molecule has 2 N–H and O–H groups in total. The summed E-state index contributed by atoms with van der Waals surface area (Å²) < 4.78 is 0.570. The predicted octanol–water partition coefficient (Wildman–Crippen LogP) is 3.95. The molecule has 0 radical (unpaired) electrons. The van der Waals surface area contributed by atoms with Gasteiger partial charge in [-0.2, -0.15) is 0 Å². The van der Waals surface area contributed by atoms with Crippen LogP contribution in [0.25, 0.3) is 0 Å². The van der Waals surface area contributed by atoms with Crippen molar-refractivity contribution >= 4 is 21.8 Å². The molecule has 2 rings (SSSR count). The van der Waals surface area contributed by atoms with Crippen LogP contribution in [-0.4, -0.2) is 11.0 Å². The molecule has 0 saturated carbocycles. The Labute approximate surface area is 126 Å². The zero-order valence-electron chi connectivity index (χ0n) is 11.4. The summed E-state index contributed by atoms with van der Waals surface area (Å²) in [5, 5.41) is 12.5. The molecule has 2 aromatic carbocycles. The largest absolute Gasteiger partial charge is 0.507 e. The highest BCUT2D eigenvalue weighted by Gasteiger charge is 2.12. The van der Waals surface area contributed by atoms with Gasteiger partial charge in [0.25, 0.3) is 5.91 Å². The van der Waals surface area contributed by atoms with Crippen molar-refractivity contribution in [2.45, 2.75) is 19.9 Å². The van der Waals surface area contributed by atoms with Crippen LogP contribution < -0.4 is 5.32 Å². The number of halogens is 1. The lowest BCUT2D eigenvalue weighted by Crippen LogP contribution is -2.26. The predicted molar refractivity (Wildman–Crippen MR) is 82.9 cm³/mol. The first-order valence-corrected chi connectivity index (χ1v) is 7.12. The molecule has 0 aliphatic rings. The molecule has 2 aromatic rings. The minimum atomic E-state index is -0.208. The van der Waals surface area contributed by atoms with Crippen molar-refractivity contribution in [3.05, 3.63) is 63.6 Å². The third kappa shape index (κ3) is 3.39. The average Bonchev–Trinajstić information content (AvgIpc) is 2.42. The van der Waals surface area contributed by atoms with Gasteiger partial charge in [-0.25, -0.2) is 0 Å². The molecule has 0 aliphatic carbocycles. The molecule has 3 nitrogen and oxygen atoms in total. The topological polar surface area (TPSA) is 49.3 Å². The fourth-order valence-electron chi connectivity index (χ4n) is 1.87. The number of carbonyl (C=O) groups is 1. The van der Waals surface area contributed by atoms with Gasteiger partial charge in [0.15, 0.2) is 0 Å². The smallest absolute Gasteiger partial charge is 0.251 e. The highest BCUT2D eigenvalue weighted by Crippen LogP contribution is 2.24. The summed E-state index contributed by atoms with van der Waals surface area (Å²) in [6, 6.07) is 12.7. The first-order chi connectivity index (χ1) is 9.47. The fraction of sp³-hybridized carbons (Fsp3) is 0.188. The normalized spacial score (nSPS) is 11.9. The standard InChI is InChI=1S/C16H16BrNO2/c1-10-3-5-12(6-4-10)11(2)18-16(20)13-7-8-14(17)15(19)9-13/h3-9,11,19H,1-2H3,(H,18,20). The van der Waals surface area contributed by atoms with Gasteiger partial charge in [0.1, 0.15) is 5.75 Å². The number of benzene rings is 2. The number of amides is 1. The van der Waals surface area contributed by atoms with Crippen LogP contribution >= 0.6 is 15.9 Å². The first-order valence-electron chi connectivity index (χ1n) is 6.33. The third-order valence-electron chi connectivity index (χ3n) is 3.13. The number of hydrogen-bond donors (Lipinski definition) is 2. The lowest BCUT2D eigenvalue weighted by atomic mass is 10.1. The summed E-state index contributed by atoms with van der Waals surface area (Å²) in [5.41, 5.74) is 2.67. The second-order valence-corrected chi connectivity index (χ2v) is 5.63. The van der Waals surface area contributed by atoms with Crippen molar-refractivity contribution in [3.8, 4) is 5.75 Å². The number of phenols is 1. The molecule has 1 atom stereocenters. The number of hydrogen-bond acceptors (Lipinski definition) is 2. The van der Waals surface area contributed by atoms with E-state index in [4.69, 9.17) is 0 Å².